The number of sulfonamides is 1. The lowest BCUT2D eigenvalue weighted by Crippen LogP contribution is -2.44. The fourth-order valence-electron chi connectivity index (χ4n) is 2.89. The molecule has 1 heterocycles. The SMILES string of the molecule is CCN(C1CCCC1CN)S(=O)(=O)c1cccnc1. The maximum Gasteiger partial charge on any atom is 0.244 e. The van der Waals surface area contributed by atoms with Gasteiger partial charge in [-0.1, -0.05) is 13.3 Å². The van der Waals surface area contributed by atoms with Gasteiger partial charge in [0, 0.05) is 25.0 Å². The summed E-state index contributed by atoms with van der Waals surface area (Å²) in [5, 5.41) is 0. The van der Waals surface area contributed by atoms with Crippen LogP contribution in [0.4, 0.5) is 0 Å². The summed E-state index contributed by atoms with van der Waals surface area (Å²) < 4.78 is 26.9. The minimum atomic E-state index is -3.46. The van der Waals surface area contributed by atoms with E-state index in [0.29, 0.717) is 13.1 Å². The van der Waals surface area contributed by atoms with E-state index in [9.17, 15) is 8.42 Å². The van der Waals surface area contributed by atoms with E-state index in [4.69, 9.17) is 5.73 Å². The van der Waals surface area contributed by atoms with Gasteiger partial charge in [0.05, 0.1) is 0 Å². The van der Waals surface area contributed by atoms with E-state index in [1.807, 2.05) is 6.92 Å². The predicted octanol–water partition coefficient (Wildman–Crippen LogP) is 1.22. The minimum absolute atomic E-state index is 0.0280. The maximum atomic E-state index is 12.7. The van der Waals surface area contributed by atoms with Crippen LogP contribution in [0, 0.1) is 5.92 Å². The molecule has 1 aliphatic rings. The van der Waals surface area contributed by atoms with E-state index in [-0.39, 0.29) is 16.9 Å². The summed E-state index contributed by atoms with van der Waals surface area (Å²) in [4.78, 5) is 4.17. The lowest BCUT2D eigenvalue weighted by molar-refractivity contribution is 0.276. The maximum absolute atomic E-state index is 12.7. The summed E-state index contributed by atoms with van der Waals surface area (Å²) >= 11 is 0. The molecule has 0 aromatic carbocycles. The van der Waals surface area contributed by atoms with Crippen LogP contribution in [-0.2, 0) is 10.0 Å². The molecular weight excluding hydrogens is 262 g/mol. The molecule has 1 saturated carbocycles. The van der Waals surface area contributed by atoms with E-state index in [1.165, 1.54) is 6.20 Å². The highest BCUT2D eigenvalue weighted by molar-refractivity contribution is 7.89. The molecule has 1 aromatic heterocycles. The average molecular weight is 283 g/mol. The second kappa shape index (κ2) is 5.98. The van der Waals surface area contributed by atoms with Gasteiger partial charge in [-0.25, -0.2) is 8.42 Å². The first-order valence-corrected chi connectivity index (χ1v) is 8.17. The molecule has 0 amide bonds. The summed E-state index contributed by atoms with van der Waals surface area (Å²) in [6, 6.07) is 3.27. The molecule has 0 bridgehead atoms. The van der Waals surface area contributed by atoms with E-state index in [2.05, 4.69) is 4.98 Å². The number of hydrogen-bond acceptors (Lipinski definition) is 4. The van der Waals surface area contributed by atoms with Gasteiger partial charge in [0.2, 0.25) is 10.0 Å². The molecule has 6 heteroatoms. The molecule has 0 saturated heterocycles. The zero-order chi connectivity index (χ0) is 13.9. The number of nitrogens with zero attached hydrogens (tertiary/aromatic N) is 2. The summed E-state index contributed by atoms with van der Waals surface area (Å²) in [7, 11) is -3.46. The summed E-state index contributed by atoms with van der Waals surface area (Å²) in [6.07, 6.45) is 5.94. The first-order valence-electron chi connectivity index (χ1n) is 6.73. The van der Waals surface area contributed by atoms with Crippen molar-refractivity contribution in [2.24, 2.45) is 11.7 Å². The Hall–Kier alpha value is -0.980. The minimum Gasteiger partial charge on any atom is -0.330 e. The summed E-state index contributed by atoms with van der Waals surface area (Å²) in [5.41, 5.74) is 5.76. The van der Waals surface area contributed by atoms with Crippen molar-refractivity contribution in [3.05, 3.63) is 24.5 Å². The van der Waals surface area contributed by atoms with Gasteiger partial charge in [-0.2, -0.15) is 4.31 Å². The largest absolute Gasteiger partial charge is 0.330 e. The van der Waals surface area contributed by atoms with E-state index < -0.39 is 10.0 Å². The van der Waals surface area contributed by atoms with Crippen LogP contribution in [0.3, 0.4) is 0 Å². The Bertz CT molecular complexity index is 504. The van der Waals surface area contributed by atoms with Crippen molar-refractivity contribution >= 4 is 10.0 Å². The molecule has 1 fully saturated rings. The zero-order valence-electron chi connectivity index (χ0n) is 11.2. The Labute approximate surface area is 114 Å². The fourth-order valence-corrected chi connectivity index (χ4v) is 4.58. The van der Waals surface area contributed by atoms with Gasteiger partial charge in [-0.15, -0.1) is 0 Å². The Morgan fingerprint density at radius 2 is 2.26 bits per heavy atom. The average Bonchev–Trinajstić information content (AvgIpc) is 2.88. The standard InChI is InChI=1S/C13H21N3O2S/c1-2-16(13-7-3-5-11(13)9-14)19(17,18)12-6-4-8-15-10-12/h4,6,8,10-11,13H,2-3,5,7,9,14H2,1H3. The van der Waals surface area contributed by atoms with Crippen LogP contribution in [-0.4, -0.2) is 36.8 Å². The van der Waals surface area contributed by atoms with Gasteiger partial charge in [0.15, 0.2) is 0 Å². The van der Waals surface area contributed by atoms with Crippen molar-refractivity contribution in [3.8, 4) is 0 Å². The molecule has 0 spiro atoms. The molecule has 2 unspecified atom stereocenters. The number of nitrogens with two attached hydrogens (primary N) is 1. The van der Waals surface area contributed by atoms with Gasteiger partial charge in [-0.05, 0) is 37.4 Å². The van der Waals surface area contributed by atoms with Crippen molar-refractivity contribution in [2.75, 3.05) is 13.1 Å². The third-order valence-corrected chi connectivity index (χ3v) is 5.83. The van der Waals surface area contributed by atoms with E-state index in [1.54, 1.807) is 22.6 Å². The smallest absolute Gasteiger partial charge is 0.244 e. The Balaban J connectivity index is 2.31. The molecule has 106 valence electrons. The first kappa shape index (κ1) is 14.4. The number of rotatable bonds is 5. The second-order valence-corrected chi connectivity index (χ2v) is 6.78. The second-order valence-electron chi connectivity index (χ2n) is 4.89. The van der Waals surface area contributed by atoms with Crippen molar-refractivity contribution in [1.82, 2.24) is 9.29 Å². The molecule has 19 heavy (non-hydrogen) atoms. The molecule has 2 N–H and O–H groups in total. The van der Waals surface area contributed by atoms with Crippen LogP contribution in [0.1, 0.15) is 26.2 Å². The van der Waals surface area contributed by atoms with Gasteiger partial charge in [-0.3, -0.25) is 4.98 Å². The van der Waals surface area contributed by atoms with Crippen molar-refractivity contribution in [1.29, 1.82) is 0 Å². The quantitative estimate of drug-likeness (QED) is 0.881. The molecule has 0 radical (unpaired) electrons. The molecule has 5 nitrogen and oxygen atoms in total. The highest BCUT2D eigenvalue weighted by Crippen LogP contribution is 2.32. The molecule has 2 rings (SSSR count). The zero-order valence-corrected chi connectivity index (χ0v) is 12.0. The third-order valence-electron chi connectivity index (χ3n) is 3.84. The first-order chi connectivity index (χ1) is 9.11. The molecule has 1 aliphatic carbocycles. The van der Waals surface area contributed by atoms with Crippen molar-refractivity contribution < 1.29 is 8.42 Å². The lowest BCUT2D eigenvalue weighted by Gasteiger charge is -2.30. The number of hydrogen-bond donors (Lipinski definition) is 1. The van der Waals surface area contributed by atoms with Gasteiger partial charge < -0.3 is 5.73 Å². The van der Waals surface area contributed by atoms with Crippen LogP contribution in [0.2, 0.25) is 0 Å². The van der Waals surface area contributed by atoms with Gasteiger partial charge >= 0.3 is 0 Å². The number of pyridine rings is 1. The molecular formula is C13H21N3O2S. The van der Waals surface area contributed by atoms with Gasteiger partial charge in [0.1, 0.15) is 4.90 Å². The molecule has 1 aromatic rings. The lowest BCUT2D eigenvalue weighted by atomic mass is 10.0. The topological polar surface area (TPSA) is 76.3 Å². The van der Waals surface area contributed by atoms with Crippen LogP contribution in [0.15, 0.2) is 29.4 Å². The Kier molecular flexibility index (Phi) is 4.54. The van der Waals surface area contributed by atoms with E-state index in [0.717, 1.165) is 19.3 Å². The van der Waals surface area contributed by atoms with Gasteiger partial charge in [0.25, 0.3) is 0 Å². The molecule has 0 aliphatic heterocycles. The Morgan fingerprint density at radius 3 is 2.84 bits per heavy atom. The fraction of sp³-hybridized carbons (Fsp3) is 0.615. The summed E-state index contributed by atoms with van der Waals surface area (Å²) in [5.74, 6) is 0.270. The van der Waals surface area contributed by atoms with Crippen LogP contribution in [0.25, 0.3) is 0 Å². The highest BCUT2D eigenvalue weighted by atomic mass is 32.2. The predicted molar refractivity (Wildman–Crippen MR) is 74.0 cm³/mol. The van der Waals surface area contributed by atoms with Crippen molar-refractivity contribution in [2.45, 2.75) is 37.1 Å². The van der Waals surface area contributed by atoms with Crippen molar-refractivity contribution in [3.63, 3.8) is 0 Å². The van der Waals surface area contributed by atoms with Crippen LogP contribution < -0.4 is 5.73 Å². The Morgan fingerprint density at radius 1 is 1.47 bits per heavy atom. The monoisotopic (exact) mass is 283 g/mol. The van der Waals surface area contributed by atoms with Crippen LogP contribution >= 0.6 is 0 Å². The highest BCUT2D eigenvalue weighted by Gasteiger charge is 2.37. The summed E-state index contributed by atoms with van der Waals surface area (Å²) in [6.45, 7) is 2.89. The third kappa shape index (κ3) is 2.80. The number of aromatic nitrogens is 1. The van der Waals surface area contributed by atoms with E-state index >= 15 is 0 Å². The molecule has 2 atom stereocenters. The van der Waals surface area contributed by atoms with Crippen LogP contribution in [0.5, 0.6) is 0 Å². The normalized spacial score (nSPS) is 23.9.